The van der Waals surface area contributed by atoms with Crippen molar-refractivity contribution in [2.45, 2.75) is 26.8 Å². The Hall–Kier alpha value is -1.67. The van der Waals surface area contributed by atoms with Crippen molar-refractivity contribution in [1.82, 2.24) is 19.7 Å². The molecular weight excluding hydrogens is 417 g/mol. The highest BCUT2D eigenvalue weighted by atomic mass is 35.5. The molecular formula is C19H25Cl2N5OS. The third-order valence-corrected chi connectivity index (χ3v) is 5.49. The molecule has 2 aromatic heterocycles. The van der Waals surface area contributed by atoms with E-state index in [9.17, 15) is 4.79 Å². The third-order valence-electron chi connectivity index (χ3n) is 4.22. The Morgan fingerprint density at radius 3 is 2.57 bits per heavy atom. The van der Waals surface area contributed by atoms with Crippen LogP contribution >= 0.6 is 35.3 Å². The summed E-state index contributed by atoms with van der Waals surface area (Å²) < 4.78 is 2.83. The number of likely N-dealkylation sites (N-methyl/N-ethyl adjacent to an activating group) is 1. The third kappa shape index (κ3) is 4.84. The highest BCUT2D eigenvalue weighted by Crippen LogP contribution is 2.31. The summed E-state index contributed by atoms with van der Waals surface area (Å²) >= 11 is 7.57. The quantitative estimate of drug-likeness (QED) is 0.557. The molecule has 152 valence electrons. The van der Waals surface area contributed by atoms with E-state index in [1.54, 1.807) is 4.90 Å². The number of carbonyl (C=O) groups excluding carboxylic acids is 1. The molecule has 0 N–H and O–H groups in total. The maximum Gasteiger partial charge on any atom is 0.280 e. The minimum atomic E-state index is -0.135. The van der Waals surface area contributed by atoms with Gasteiger partial charge in [0.2, 0.25) is 0 Å². The summed E-state index contributed by atoms with van der Waals surface area (Å²) in [5, 5.41) is 5.84. The number of hydrogen-bond donors (Lipinski definition) is 0. The zero-order valence-electron chi connectivity index (χ0n) is 16.6. The summed E-state index contributed by atoms with van der Waals surface area (Å²) in [5.41, 5.74) is 2.25. The number of carbonyl (C=O) groups is 1. The fraction of sp³-hybridized carbons (Fsp3) is 0.421. The van der Waals surface area contributed by atoms with Crippen LogP contribution in [0.3, 0.4) is 0 Å². The van der Waals surface area contributed by atoms with Crippen molar-refractivity contribution in [3.63, 3.8) is 0 Å². The Kier molecular flexibility index (Phi) is 7.45. The van der Waals surface area contributed by atoms with Crippen LogP contribution in [-0.4, -0.2) is 52.8 Å². The van der Waals surface area contributed by atoms with Gasteiger partial charge < -0.3 is 4.90 Å². The molecule has 0 aliphatic carbocycles. The summed E-state index contributed by atoms with van der Waals surface area (Å²) in [5.74, 6) is -0.135. The van der Waals surface area contributed by atoms with E-state index in [4.69, 9.17) is 11.6 Å². The smallest absolute Gasteiger partial charge is 0.280 e. The van der Waals surface area contributed by atoms with E-state index in [1.807, 2.05) is 54.9 Å². The van der Waals surface area contributed by atoms with E-state index in [-0.39, 0.29) is 24.4 Å². The van der Waals surface area contributed by atoms with Gasteiger partial charge in [0.05, 0.1) is 10.2 Å². The van der Waals surface area contributed by atoms with Gasteiger partial charge in [0, 0.05) is 29.8 Å². The van der Waals surface area contributed by atoms with Gasteiger partial charge in [-0.15, -0.1) is 12.4 Å². The van der Waals surface area contributed by atoms with Crippen molar-refractivity contribution in [2.75, 3.05) is 32.1 Å². The molecule has 28 heavy (non-hydrogen) atoms. The van der Waals surface area contributed by atoms with Crippen LogP contribution in [0.1, 0.15) is 36.1 Å². The van der Waals surface area contributed by atoms with Crippen LogP contribution in [0.5, 0.6) is 0 Å². The molecule has 0 unspecified atom stereocenters. The average Bonchev–Trinajstić information content (AvgIpc) is 3.17. The van der Waals surface area contributed by atoms with Crippen LogP contribution in [0.15, 0.2) is 24.3 Å². The monoisotopic (exact) mass is 441 g/mol. The number of fused-ring (bicyclic) bond motifs is 1. The van der Waals surface area contributed by atoms with Gasteiger partial charge in [-0.25, -0.2) is 4.98 Å². The van der Waals surface area contributed by atoms with Gasteiger partial charge in [0.15, 0.2) is 10.8 Å². The van der Waals surface area contributed by atoms with Gasteiger partial charge in [0.25, 0.3) is 5.91 Å². The first-order valence-electron chi connectivity index (χ1n) is 8.85. The maximum absolute atomic E-state index is 13.3. The van der Waals surface area contributed by atoms with Crippen molar-refractivity contribution in [3.05, 3.63) is 40.7 Å². The van der Waals surface area contributed by atoms with Crippen LogP contribution in [-0.2, 0) is 0 Å². The number of halogens is 2. The standard InChI is InChI=1S/C19H24ClN5OS.ClH/c1-12(2)25-13(3)10-16(22-25)18(26)24(9-8-23(4)5)19-21-15-7-6-14(20)11-17(15)27-19;/h6-7,10-12H,8-9H2,1-5H3;1H. The zero-order valence-corrected chi connectivity index (χ0v) is 19.0. The number of amides is 1. The molecule has 0 saturated heterocycles. The number of nitrogens with zero attached hydrogens (tertiary/aromatic N) is 5. The van der Waals surface area contributed by atoms with E-state index in [2.05, 4.69) is 23.9 Å². The fourth-order valence-corrected chi connectivity index (χ4v) is 4.11. The van der Waals surface area contributed by atoms with Crippen molar-refractivity contribution in [3.8, 4) is 0 Å². The molecule has 0 atom stereocenters. The lowest BCUT2D eigenvalue weighted by molar-refractivity contribution is 0.0979. The molecule has 0 bridgehead atoms. The van der Waals surface area contributed by atoms with Crippen LogP contribution in [0.25, 0.3) is 10.2 Å². The lowest BCUT2D eigenvalue weighted by atomic mass is 10.3. The first-order valence-corrected chi connectivity index (χ1v) is 10.0. The number of thiazole rings is 1. The number of aromatic nitrogens is 3. The molecule has 6 nitrogen and oxygen atoms in total. The molecule has 1 aromatic carbocycles. The maximum atomic E-state index is 13.3. The molecule has 0 radical (unpaired) electrons. The number of hydrogen-bond acceptors (Lipinski definition) is 5. The summed E-state index contributed by atoms with van der Waals surface area (Å²) in [4.78, 5) is 21.7. The summed E-state index contributed by atoms with van der Waals surface area (Å²) in [6.45, 7) is 7.33. The molecule has 1 amide bonds. The first kappa shape index (κ1) is 22.6. The normalized spacial score (nSPS) is 11.3. The summed E-state index contributed by atoms with van der Waals surface area (Å²) in [6.07, 6.45) is 0. The van der Waals surface area contributed by atoms with Crippen LogP contribution < -0.4 is 4.90 Å². The number of anilines is 1. The Morgan fingerprint density at radius 1 is 1.25 bits per heavy atom. The number of aryl methyl sites for hydroxylation is 1. The van der Waals surface area contributed by atoms with Gasteiger partial charge in [-0.3, -0.25) is 14.4 Å². The molecule has 3 rings (SSSR count). The Bertz CT molecular complexity index is 967. The average molecular weight is 442 g/mol. The van der Waals surface area contributed by atoms with Gasteiger partial charge >= 0.3 is 0 Å². The summed E-state index contributed by atoms with van der Waals surface area (Å²) in [6, 6.07) is 7.61. The van der Waals surface area contributed by atoms with E-state index >= 15 is 0 Å². The second-order valence-electron chi connectivity index (χ2n) is 7.08. The molecule has 0 saturated carbocycles. The largest absolute Gasteiger partial charge is 0.308 e. The molecule has 9 heteroatoms. The van der Waals surface area contributed by atoms with Crippen LogP contribution in [0.4, 0.5) is 5.13 Å². The minimum Gasteiger partial charge on any atom is -0.308 e. The van der Waals surface area contributed by atoms with Crippen molar-refractivity contribution in [2.24, 2.45) is 0 Å². The molecule has 3 aromatic rings. The highest BCUT2D eigenvalue weighted by molar-refractivity contribution is 7.22. The van der Waals surface area contributed by atoms with E-state index in [0.717, 1.165) is 22.5 Å². The van der Waals surface area contributed by atoms with Gasteiger partial charge in [-0.1, -0.05) is 22.9 Å². The first-order chi connectivity index (χ1) is 12.8. The van der Waals surface area contributed by atoms with Crippen LogP contribution in [0, 0.1) is 6.92 Å². The second-order valence-corrected chi connectivity index (χ2v) is 8.52. The molecule has 0 aliphatic rings. The fourth-order valence-electron chi connectivity index (χ4n) is 2.84. The van der Waals surface area contributed by atoms with Crippen molar-refractivity contribution >= 4 is 56.6 Å². The predicted molar refractivity (Wildman–Crippen MR) is 119 cm³/mol. The molecule has 0 spiro atoms. The minimum absolute atomic E-state index is 0. The summed E-state index contributed by atoms with van der Waals surface area (Å²) in [7, 11) is 3.97. The topological polar surface area (TPSA) is 54.3 Å². The van der Waals surface area contributed by atoms with E-state index in [1.165, 1.54) is 11.3 Å². The molecule has 2 heterocycles. The second kappa shape index (κ2) is 9.22. The van der Waals surface area contributed by atoms with E-state index in [0.29, 0.717) is 22.4 Å². The van der Waals surface area contributed by atoms with E-state index < -0.39 is 0 Å². The number of rotatable bonds is 6. The van der Waals surface area contributed by atoms with Gasteiger partial charge in [-0.2, -0.15) is 5.10 Å². The van der Waals surface area contributed by atoms with Crippen molar-refractivity contribution < 1.29 is 4.79 Å². The Labute approximate surface area is 180 Å². The van der Waals surface area contributed by atoms with Gasteiger partial charge in [-0.05, 0) is 59.1 Å². The molecule has 0 aliphatic heterocycles. The predicted octanol–water partition coefficient (Wildman–Crippen LogP) is 4.67. The Balaban J connectivity index is 0.00000280. The lowest BCUT2D eigenvalue weighted by Crippen LogP contribution is -2.37. The number of benzene rings is 1. The lowest BCUT2D eigenvalue weighted by Gasteiger charge is -2.21. The van der Waals surface area contributed by atoms with Crippen LogP contribution in [0.2, 0.25) is 5.02 Å². The van der Waals surface area contributed by atoms with Crippen molar-refractivity contribution in [1.29, 1.82) is 0 Å². The SMILES string of the molecule is Cc1cc(C(=O)N(CCN(C)C)c2nc3ccc(Cl)cc3s2)nn1C(C)C.Cl. The Morgan fingerprint density at radius 2 is 1.96 bits per heavy atom. The highest BCUT2D eigenvalue weighted by Gasteiger charge is 2.24. The molecule has 0 fully saturated rings. The van der Waals surface area contributed by atoms with Gasteiger partial charge in [0.1, 0.15) is 0 Å². The zero-order chi connectivity index (χ0) is 19.7.